The van der Waals surface area contributed by atoms with E-state index in [1.807, 2.05) is 19.1 Å². The van der Waals surface area contributed by atoms with Gasteiger partial charge < -0.3 is 25.2 Å². The number of rotatable bonds is 10. The first kappa shape index (κ1) is 26.7. The van der Waals surface area contributed by atoms with E-state index in [1.165, 1.54) is 17.7 Å². The molecule has 178 valence electrons. The number of benzene rings is 1. The molecule has 1 aliphatic heterocycles. The van der Waals surface area contributed by atoms with Gasteiger partial charge in [-0.05, 0) is 62.0 Å². The summed E-state index contributed by atoms with van der Waals surface area (Å²) in [5.74, 6) is 2.01. The normalized spacial score (nSPS) is 16.2. The summed E-state index contributed by atoms with van der Waals surface area (Å²) in [6.45, 7) is 6.05. The Morgan fingerprint density at radius 1 is 1.16 bits per heavy atom. The van der Waals surface area contributed by atoms with Crippen LogP contribution in [0.25, 0.3) is 0 Å². The fraction of sp³-hybridized carbons (Fsp3) is 0.522. The number of aliphatic imine (C=N–C) groups is 1. The lowest BCUT2D eigenvalue weighted by molar-refractivity contribution is 0.180. The summed E-state index contributed by atoms with van der Waals surface area (Å²) in [6.07, 6.45) is 1.78. The van der Waals surface area contributed by atoms with Gasteiger partial charge in [-0.15, -0.1) is 35.3 Å². The number of aliphatic hydroxyl groups is 1. The highest BCUT2D eigenvalue weighted by atomic mass is 127. The Balaban J connectivity index is 0.00000363. The number of nitrogens with zero attached hydrogens (tertiary/aromatic N) is 2. The summed E-state index contributed by atoms with van der Waals surface area (Å²) in [6, 6.07) is 10.0. The first-order valence-electron chi connectivity index (χ1n) is 10.8. The number of ether oxygens (including phenoxy) is 2. The van der Waals surface area contributed by atoms with Gasteiger partial charge in [0.25, 0.3) is 0 Å². The molecule has 3 rings (SSSR count). The number of hydrogen-bond acceptors (Lipinski definition) is 6. The zero-order valence-corrected chi connectivity index (χ0v) is 22.2. The van der Waals surface area contributed by atoms with Gasteiger partial charge in [0.1, 0.15) is 11.5 Å². The number of methoxy groups -OCH3 is 2. The molecular weight excluding hydrogens is 539 g/mol. The molecule has 1 aliphatic rings. The molecule has 0 saturated carbocycles. The fourth-order valence-corrected chi connectivity index (χ4v) is 4.62. The quantitative estimate of drug-likeness (QED) is 0.228. The number of aliphatic hydroxyl groups excluding tert-OH is 1. The topological polar surface area (TPSA) is 78.4 Å². The first-order chi connectivity index (χ1) is 15.1. The Morgan fingerprint density at radius 3 is 2.41 bits per heavy atom. The van der Waals surface area contributed by atoms with Crippen molar-refractivity contribution in [3.8, 4) is 11.5 Å². The number of thiophene rings is 1. The molecule has 7 nitrogen and oxygen atoms in total. The van der Waals surface area contributed by atoms with Gasteiger partial charge in [0.2, 0.25) is 0 Å². The number of nitrogens with one attached hydrogen (secondary N) is 2. The van der Waals surface area contributed by atoms with Crippen molar-refractivity contribution in [2.75, 3.05) is 46.9 Å². The van der Waals surface area contributed by atoms with Crippen molar-refractivity contribution < 1.29 is 14.6 Å². The van der Waals surface area contributed by atoms with Crippen LogP contribution in [-0.2, 0) is 0 Å². The maximum Gasteiger partial charge on any atom is 0.191 e. The van der Waals surface area contributed by atoms with E-state index in [-0.39, 0.29) is 24.0 Å². The van der Waals surface area contributed by atoms with Crippen LogP contribution in [0.3, 0.4) is 0 Å². The van der Waals surface area contributed by atoms with Gasteiger partial charge in [-0.2, -0.15) is 0 Å². The lowest BCUT2D eigenvalue weighted by atomic mass is 10.1. The van der Waals surface area contributed by atoms with Crippen molar-refractivity contribution in [2.45, 2.75) is 31.9 Å². The van der Waals surface area contributed by atoms with Crippen LogP contribution in [0.15, 0.2) is 40.7 Å². The Hall–Kier alpha value is -1.56. The van der Waals surface area contributed by atoms with Gasteiger partial charge >= 0.3 is 0 Å². The fourth-order valence-electron chi connectivity index (χ4n) is 3.77. The predicted octanol–water partition coefficient (Wildman–Crippen LogP) is 3.81. The highest BCUT2D eigenvalue weighted by molar-refractivity contribution is 14.0. The Kier molecular flexibility index (Phi) is 11.6. The van der Waals surface area contributed by atoms with E-state index in [1.54, 1.807) is 31.6 Å². The second-order valence-electron chi connectivity index (χ2n) is 7.54. The third-order valence-corrected chi connectivity index (χ3v) is 6.41. The molecule has 0 radical (unpaired) electrons. The van der Waals surface area contributed by atoms with Crippen molar-refractivity contribution in [1.29, 1.82) is 0 Å². The molecule has 2 heterocycles. The largest absolute Gasteiger partial charge is 0.497 e. The summed E-state index contributed by atoms with van der Waals surface area (Å²) in [7, 11) is 3.20. The van der Waals surface area contributed by atoms with Crippen LogP contribution in [0.1, 0.15) is 42.4 Å². The number of hydrogen-bond donors (Lipinski definition) is 3. The van der Waals surface area contributed by atoms with Crippen molar-refractivity contribution in [2.24, 2.45) is 4.99 Å². The van der Waals surface area contributed by atoms with Gasteiger partial charge in [0, 0.05) is 24.0 Å². The Morgan fingerprint density at radius 2 is 1.84 bits per heavy atom. The molecule has 32 heavy (non-hydrogen) atoms. The standard InChI is InChI=1S/C23H34N4O3S.HI/c1-4-24-23(25-15-20(22-8-7-11-31-22)27-9-5-6-10-27)26-16-21(28)17-12-18(29-2)14-19(13-17)30-3;/h7-8,11-14,20-21,28H,4-6,9-10,15-16H2,1-3H3,(H2,24,25,26);1H. The SMILES string of the molecule is CCNC(=NCC(c1cccs1)N1CCCC1)NCC(O)c1cc(OC)cc(OC)c1.I. The van der Waals surface area contributed by atoms with Crippen LogP contribution in [-0.4, -0.2) is 62.9 Å². The number of likely N-dealkylation sites (tertiary alicyclic amines) is 1. The molecule has 1 aromatic carbocycles. The van der Waals surface area contributed by atoms with Crippen LogP contribution >= 0.6 is 35.3 Å². The molecule has 0 amide bonds. The maximum absolute atomic E-state index is 10.7. The Bertz CT molecular complexity index is 806. The van der Waals surface area contributed by atoms with Crippen LogP contribution < -0.4 is 20.1 Å². The van der Waals surface area contributed by atoms with E-state index >= 15 is 0 Å². The van der Waals surface area contributed by atoms with E-state index in [4.69, 9.17) is 14.5 Å². The molecule has 2 aromatic rings. The highest BCUT2D eigenvalue weighted by Crippen LogP contribution is 2.29. The van der Waals surface area contributed by atoms with Crippen molar-refractivity contribution >= 4 is 41.3 Å². The summed E-state index contributed by atoms with van der Waals surface area (Å²) >= 11 is 1.79. The number of halogens is 1. The zero-order chi connectivity index (χ0) is 22.1. The second-order valence-corrected chi connectivity index (χ2v) is 8.52. The minimum atomic E-state index is -0.723. The van der Waals surface area contributed by atoms with Crippen molar-refractivity contribution in [3.63, 3.8) is 0 Å². The minimum absolute atomic E-state index is 0. The average molecular weight is 575 g/mol. The molecular formula is C23H35IN4O3S. The van der Waals surface area contributed by atoms with Gasteiger partial charge in [0.05, 0.1) is 32.9 Å². The zero-order valence-electron chi connectivity index (χ0n) is 19.0. The summed E-state index contributed by atoms with van der Waals surface area (Å²) in [5, 5.41) is 19.4. The first-order valence-corrected chi connectivity index (χ1v) is 11.7. The van der Waals surface area contributed by atoms with Gasteiger partial charge in [-0.3, -0.25) is 9.89 Å². The van der Waals surface area contributed by atoms with Crippen LogP contribution in [0.5, 0.6) is 11.5 Å². The maximum atomic E-state index is 10.7. The summed E-state index contributed by atoms with van der Waals surface area (Å²) in [4.78, 5) is 8.72. The van der Waals surface area contributed by atoms with E-state index in [2.05, 4.69) is 33.0 Å². The van der Waals surface area contributed by atoms with Crippen molar-refractivity contribution in [3.05, 3.63) is 46.2 Å². The van der Waals surface area contributed by atoms with E-state index in [9.17, 15) is 5.11 Å². The molecule has 1 fully saturated rings. The Labute approximate surface area is 212 Å². The highest BCUT2D eigenvalue weighted by Gasteiger charge is 2.24. The van der Waals surface area contributed by atoms with Crippen LogP contribution in [0.4, 0.5) is 0 Å². The molecule has 0 aliphatic carbocycles. The third-order valence-electron chi connectivity index (χ3n) is 5.44. The van der Waals surface area contributed by atoms with E-state index < -0.39 is 6.10 Å². The van der Waals surface area contributed by atoms with E-state index in [0.29, 0.717) is 36.6 Å². The third kappa shape index (κ3) is 7.50. The molecule has 0 bridgehead atoms. The van der Waals surface area contributed by atoms with Gasteiger partial charge in [-0.25, -0.2) is 0 Å². The average Bonchev–Trinajstić information content (AvgIpc) is 3.52. The van der Waals surface area contributed by atoms with Gasteiger partial charge in [-0.1, -0.05) is 6.07 Å². The second kappa shape index (κ2) is 13.9. The predicted molar refractivity (Wildman–Crippen MR) is 142 cm³/mol. The molecule has 3 N–H and O–H groups in total. The summed E-state index contributed by atoms with van der Waals surface area (Å²) in [5.41, 5.74) is 0.730. The van der Waals surface area contributed by atoms with Crippen molar-refractivity contribution in [1.82, 2.24) is 15.5 Å². The molecule has 2 unspecified atom stereocenters. The van der Waals surface area contributed by atoms with E-state index in [0.717, 1.165) is 25.2 Å². The molecule has 1 aromatic heterocycles. The summed E-state index contributed by atoms with van der Waals surface area (Å²) < 4.78 is 10.6. The smallest absolute Gasteiger partial charge is 0.191 e. The molecule has 2 atom stereocenters. The lowest BCUT2D eigenvalue weighted by Crippen LogP contribution is -2.40. The van der Waals surface area contributed by atoms with Crippen LogP contribution in [0.2, 0.25) is 0 Å². The number of guanidine groups is 1. The monoisotopic (exact) mass is 574 g/mol. The molecule has 9 heteroatoms. The molecule has 1 saturated heterocycles. The van der Waals surface area contributed by atoms with Gasteiger partial charge in [0.15, 0.2) is 5.96 Å². The van der Waals surface area contributed by atoms with Crippen LogP contribution in [0, 0.1) is 0 Å². The minimum Gasteiger partial charge on any atom is -0.497 e. The molecule has 0 spiro atoms. The lowest BCUT2D eigenvalue weighted by Gasteiger charge is -2.25.